The van der Waals surface area contributed by atoms with Gasteiger partial charge in [0.15, 0.2) is 12.2 Å². The number of aromatic amines is 1. The van der Waals surface area contributed by atoms with Crippen LogP contribution in [0.1, 0.15) is 23.6 Å². The minimum atomic E-state index is -6.90. The summed E-state index contributed by atoms with van der Waals surface area (Å²) in [7, 11) is 0. The van der Waals surface area contributed by atoms with Gasteiger partial charge in [0, 0.05) is 3.57 Å². The number of halogens is 15. The van der Waals surface area contributed by atoms with Gasteiger partial charge in [0.2, 0.25) is 0 Å². The summed E-state index contributed by atoms with van der Waals surface area (Å²) >= 11 is 0.768. The van der Waals surface area contributed by atoms with Crippen molar-refractivity contribution in [2.75, 3.05) is 0 Å². The van der Waals surface area contributed by atoms with Gasteiger partial charge in [0.25, 0.3) is 0 Å². The lowest BCUT2D eigenvalue weighted by molar-refractivity contribution is -0.373. The number of aliphatic hydroxyl groups is 2. The van der Waals surface area contributed by atoms with Crippen molar-refractivity contribution in [2.45, 2.75) is 48.3 Å². The van der Waals surface area contributed by atoms with E-state index < -0.39 is 63.2 Å². The molecule has 1 aromatic rings. The van der Waals surface area contributed by atoms with Crippen LogP contribution in [-0.2, 0) is 0 Å². The van der Waals surface area contributed by atoms with Gasteiger partial charge < -0.3 is 15.2 Å². The molecule has 0 amide bonds. The third-order valence-corrected chi connectivity index (χ3v) is 4.52. The van der Waals surface area contributed by atoms with E-state index in [1.807, 2.05) is 0 Å². The molecule has 0 aliphatic heterocycles. The van der Waals surface area contributed by atoms with Crippen molar-refractivity contribution < 1.29 is 71.7 Å². The Morgan fingerprint density at radius 3 is 1.33 bits per heavy atom. The average Bonchev–Trinajstić information content (AvgIpc) is 2.92. The van der Waals surface area contributed by atoms with E-state index in [1.54, 1.807) is 0 Å². The molecule has 2 unspecified atom stereocenters. The number of alkyl halides is 14. The minimum Gasteiger partial charge on any atom is -0.380 e. The van der Waals surface area contributed by atoms with Crippen molar-refractivity contribution in [1.82, 2.24) is 4.98 Å². The molecule has 2 atom stereocenters. The maximum Gasteiger partial charge on any atom is 0.459 e. The molecule has 0 radical (unpaired) electrons. The van der Waals surface area contributed by atoms with E-state index in [1.165, 1.54) is 0 Å². The maximum absolute atomic E-state index is 13.5. The van der Waals surface area contributed by atoms with Crippen LogP contribution in [0.5, 0.6) is 0 Å². The Morgan fingerprint density at radius 2 is 1.00 bits per heavy atom. The van der Waals surface area contributed by atoms with Crippen molar-refractivity contribution in [3.8, 4) is 0 Å². The Hall–Kier alpha value is -1.05. The third kappa shape index (κ3) is 4.05. The summed E-state index contributed by atoms with van der Waals surface area (Å²) in [5.41, 5.74) is -3.60. The SMILES string of the molecule is OC(c1cc(I)c(C(O)C(F)(F)C(F)(F)C(F)(F)F)[nH]1)C(F)(F)C(F)(F)C(F)(F)F. The fourth-order valence-electron chi connectivity index (χ4n) is 1.91. The smallest absolute Gasteiger partial charge is 0.380 e. The van der Waals surface area contributed by atoms with Crippen LogP contribution in [0.3, 0.4) is 0 Å². The maximum atomic E-state index is 13.5. The molecule has 18 heteroatoms. The first-order valence-electron chi connectivity index (χ1n) is 6.83. The van der Waals surface area contributed by atoms with Gasteiger partial charge in [-0.2, -0.15) is 61.5 Å². The predicted octanol–water partition coefficient (Wildman–Crippen LogP) is 5.35. The van der Waals surface area contributed by atoms with E-state index in [2.05, 4.69) is 0 Å². The molecule has 0 spiro atoms. The van der Waals surface area contributed by atoms with Gasteiger partial charge in [-0.1, -0.05) is 0 Å². The second-order valence-electron chi connectivity index (χ2n) is 5.68. The Labute approximate surface area is 169 Å². The molecule has 0 fully saturated rings. The van der Waals surface area contributed by atoms with Crippen LogP contribution < -0.4 is 0 Å². The molecule has 176 valence electrons. The molecular formula is C12H6F14INO2. The summed E-state index contributed by atoms with van der Waals surface area (Å²) in [4.78, 5) is 1.07. The summed E-state index contributed by atoms with van der Waals surface area (Å²) in [5, 5.41) is 18.4. The van der Waals surface area contributed by atoms with E-state index >= 15 is 0 Å². The van der Waals surface area contributed by atoms with E-state index in [0.29, 0.717) is 0 Å². The first kappa shape index (κ1) is 27.0. The van der Waals surface area contributed by atoms with Gasteiger partial charge >= 0.3 is 36.0 Å². The first-order valence-corrected chi connectivity index (χ1v) is 7.91. The van der Waals surface area contributed by atoms with Crippen LogP contribution in [0.2, 0.25) is 0 Å². The van der Waals surface area contributed by atoms with E-state index in [-0.39, 0.29) is 6.07 Å². The first-order chi connectivity index (χ1) is 12.9. The number of nitrogens with one attached hydrogen (secondary N) is 1. The summed E-state index contributed by atoms with van der Waals surface area (Å²) in [6.45, 7) is 0. The largest absolute Gasteiger partial charge is 0.459 e. The Morgan fingerprint density at radius 1 is 0.667 bits per heavy atom. The molecule has 0 bridgehead atoms. The minimum absolute atomic E-state index is 0.0358. The van der Waals surface area contributed by atoms with Gasteiger partial charge in [-0.3, -0.25) is 0 Å². The van der Waals surface area contributed by atoms with Crippen molar-refractivity contribution in [3.05, 3.63) is 21.0 Å². The van der Waals surface area contributed by atoms with Crippen molar-refractivity contribution in [1.29, 1.82) is 0 Å². The topological polar surface area (TPSA) is 56.2 Å². The molecule has 0 aliphatic carbocycles. The molecule has 3 N–H and O–H groups in total. The number of rotatable bonds is 6. The molecule has 30 heavy (non-hydrogen) atoms. The lowest BCUT2D eigenvalue weighted by Gasteiger charge is -2.32. The number of aliphatic hydroxyl groups excluding tert-OH is 2. The van der Waals surface area contributed by atoms with Gasteiger partial charge in [-0.15, -0.1) is 0 Å². The Bertz CT molecular complexity index is 768. The highest BCUT2D eigenvalue weighted by atomic mass is 127. The van der Waals surface area contributed by atoms with Crippen LogP contribution >= 0.6 is 22.6 Å². The number of hydrogen-bond donors (Lipinski definition) is 3. The molecule has 1 rings (SSSR count). The van der Waals surface area contributed by atoms with E-state index in [9.17, 15) is 71.7 Å². The zero-order valence-electron chi connectivity index (χ0n) is 13.3. The van der Waals surface area contributed by atoms with Gasteiger partial charge in [0.05, 0.1) is 11.4 Å². The normalized spacial score (nSPS) is 17.2. The lowest BCUT2D eigenvalue weighted by atomic mass is 10.0. The fourth-order valence-corrected chi connectivity index (χ4v) is 2.68. The third-order valence-electron chi connectivity index (χ3n) is 3.62. The molecular weight excluding hydrogens is 583 g/mol. The standard InChI is InChI=1S/C12H6F14INO2/c13-7(14,9(17,18)11(21,22)23)5(29)3-1-2(27)4(28-3)6(30)8(15,16)10(19,20)12(24,25)26/h1,5-6,28-30H. The van der Waals surface area contributed by atoms with E-state index in [4.69, 9.17) is 0 Å². The highest BCUT2D eigenvalue weighted by molar-refractivity contribution is 14.1. The monoisotopic (exact) mass is 589 g/mol. The second kappa shape index (κ2) is 7.52. The molecule has 1 aromatic heterocycles. The molecule has 1 heterocycles. The van der Waals surface area contributed by atoms with Crippen LogP contribution in [0.15, 0.2) is 6.07 Å². The molecule has 0 saturated heterocycles. The highest BCUT2D eigenvalue weighted by Crippen LogP contribution is 2.54. The zero-order valence-corrected chi connectivity index (χ0v) is 15.5. The Balaban J connectivity index is 3.42. The number of aromatic nitrogens is 1. The van der Waals surface area contributed by atoms with Crippen molar-refractivity contribution in [3.63, 3.8) is 0 Å². The molecule has 0 saturated carbocycles. The van der Waals surface area contributed by atoms with Gasteiger partial charge in [-0.05, 0) is 28.7 Å². The van der Waals surface area contributed by atoms with Crippen molar-refractivity contribution >= 4 is 22.6 Å². The highest BCUT2D eigenvalue weighted by Gasteiger charge is 2.77. The second-order valence-corrected chi connectivity index (χ2v) is 6.84. The summed E-state index contributed by atoms with van der Waals surface area (Å²) in [6.07, 6.45) is -22.1. The van der Waals surface area contributed by atoms with Crippen LogP contribution in [0.25, 0.3) is 0 Å². The summed E-state index contributed by atoms with van der Waals surface area (Å²) in [6, 6.07) is -0.0358. The van der Waals surface area contributed by atoms with Gasteiger partial charge in [0.1, 0.15) is 0 Å². The number of H-pyrrole nitrogens is 1. The lowest BCUT2D eigenvalue weighted by Crippen LogP contribution is -2.55. The van der Waals surface area contributed by atoms with Crippen LogP contribution in [0.4, 0.5) is 61.5 Å². The molecule has 0 aromatic carbocycles. The van der Waals surface area contributed by atoms with E-state index in [0.717, 1.165) is 27.6 Å². The van der Waals surface area contributed by atoms with Gasteiger partial charge in [-0.25, -0.2) is 0 Å². The summed E-state index contributed by atoms with van der Waals surface area (Å²) < 4.78 is 178. The van der Waals surface area contributed by atoms with Crippen LogP contribution in [0, 0.1) is 3.57 Å². The molecule has 0 aliphatic rings. The number of hydrogen-bond acceptors (Lipinski definition) is 2. The average molecular weight is 589 g/mol. The molecule has 3 nitrogen and oxygen atoms in total. The zero-order chi connectivity index (χ0) is 24.3. The Kier molecular flexibility index (Phi) is 6.77. The summed E-state index contributed by atoms with van der Waals surface area (Å²) in [5.74, 6) is -26.4. The fraction of sp³-hybridized carbons (Fsp3) is 0.667. The predicted molar refractivity (Wildman–Crippen MR) is 75.3 cm³/mol. The quantitative estimate of drug-likeness (QED) is 0.310. The van der Waals surface area contributed by atoms with Crippen LogP contribution in [-0.4, -0.2) is 51.2 Å². The van der Waals surface area contributed by atoms with Crippen molar-refractivity contribution in [2.24, 2.45) is 0 Å².